The van der Waals surface area contributed by atoms with Crippen LogP contribution in [0.4, 0.5) is 5.69 Å². The molecule has 1 heterocycles. The summed E-state index contributed by atoms with van der Waals surface area (Å²) in [6, 6.07) is 2.35. The van der Waals surface area contributed by atoms with Crippen molar-refractivity contribution >= 4 is 27.6 Å². The van der Waals surface area contributed by atoms with Gasteiger partial charge in [0.05, 0.1) is 17.0 Å². The molecule has 0 saturated carbocycles. The monoisotopic (exact) mass is 260 g/mol. The predicted octanol–water partition coefficient (Wildman–Crippen LogP) is 1.38. The second kappa shape index (κ2) is 4.14. The van der Waals surface area contributed by atoms with Crippen molar-refractivity contribution in [2.45, 2.75) is 6.42 Å². The molecule has 1 aromatic heterocycles. The molecule has 1 aromatic rings. The van der Waals surface area contributed by atoms with Crippen molar-refractivity contribution in [3.63, 3.8) is 0 Å². The summed E-state index contributed by atoms with van der Waals surface area (Å²) < 4.78 is 0.253. The van der Waals surface area contributed by atoms with Crippen LogP contribution in [0.5, 0.6) is 0 Å². The number of halogens is 1. The summed E-state index contributed by atoms with van der Waals surface area (Å²) >= 11 is 2.96. The Morgan fingerprint density at radius 2 is 2.29 bits per heavy atom. The van der Waals surface area contributed by atoms with Gasteiger partial charge >= 0.3 is 5.97 Å². The van der Waals surface area contributed by atoms with Crippen molar-refractivity contribution in [3.05, 3.63) is 32.5 Å². The fraction of sp³-hybridized carbons (Fsp3) is 0.143. The number of carbonyl (C=O) groups is 1. The van der Waals surface area contributed by atoms with Gasteiger partial charge in [-0.1, -0.05) is 0 Å². The van der Waals surface area contributed by atoms with Gasteiger partial charge in [-0.3, -0.25) is 14.9 Å². The molecule has 0 saturated heterocycles. The highest BCUT2D eigenvalue weighted by Gasteiger charge is 2.11. The van der Waals surface area contributed by atoms with Gasteiger partial charge in [0.25, 0.3) is 5.69 Å². The quantitative estimate of drug-likeness (QED) is 0.504. The van der Waals surface area contributed by atoms with E-state index in [1.165, 1.54) is 6.07 Å². The third kappa shape index (κ3) is 2.77. The van der Waals surface area contributed by atoms with Crippen molar-refractivity contribution in [2.24, 2.45) is 0 Å². The summed E-state index contributed by atoms with van der Waals surface area (Å²) in [7, 11) is 0. The number of aromatic nitrogens is 1. The Bertz CT molecular complexity index is 393. The third-order valence-corrected chi connectivity index (χ3v) is 1.78. The van der Waals surface area contributed by atoms with Crippen molar-refractivity contribution in [2.75, 3.05) is 0 Å². The number of hydrogen-bond acceptors (Lipinski definition) is 4. The second-order valence-electron chi connectivity index (χ2n) is 2.47. The molecule has 0 aliphatic carbocycles. The van der Waals surface area contributed by atoms with Crippen LogP contribution in [0.25, 0.3) is 0 Å². The number of aliphatic carboxylic acids is 1. The van der Waals surface area contributed by atoms with Crippen LogP contribution in [0.1, 0.15) is 5.69 Å². The van der Waals surface area contributed by atoms with E-state index >= 15 is 0 Å². The summed E-state index contributed by atoms with van der Waals surface area (Å²) in [5, 5.41) is 18.9. The van der Waals surface area contributed by atoms with E-state index in [1.807, 2.05) is 0 Å². The normalized spacial score (nSPS) is 9.79. The van der Waals surface area contributed by atoms with Crippen LogP contribution in [0.2, 0.25) is 0 Å². The van der Waals surface area contributed by atoms with E-state index in [1.54, 1.807) is 0 Å². The van der Waals surface area contributed by atoms with E-state index in [0.29, 0.717) is 0 Å². The number of nitrogens with zero attached hydrogens (tertiary/aromatic N) is 2. The lowest BCUT2D eigenvalue weighted by Crippen LogP contribution is -2.03. The molecule has 1 N–H and O–H groups in total. The van der Waals surface area contributed by atoms with Crippen molar-refractivity contribution in [1.82, 2.24) is 4.98 Å². The van der Waals surface area contributed by atoms with Crippen LogP contribution in [0.15, 0.2) is 16.7 Å². The van der Waals surface area contributed by atoms with Crippen LogP contribution in [-0.2, 0) is 11.2 Å². The smallest absolute Gasteiger partial charge is 0.309 e. The fourth-order valence-corrected chi connectivity index (χ4v) is 1.35. The molecule has 0 aromatic carbocycles. The van der Waals surface area contributed by atoms with Gasteiger partial charge in [-0.15, -0.1) is 0 Å². The maximum Gasteiger partial charge on any atom is 0.309 e. The van der Waals surface area contributed by atoms with Gasteiger partial charge in [0.2, 0.25) is 0 Å². The van der Waals surface area contributed by atoms with Gasteiger partial charge in [0, 0.05) is 12.1 Å². The van der Waals surface area contributed by atoms with Crippen molar-refractivity contribution in [3.8, 4) is 0 Å². The number of nitro groups is 1. The minimum atomic E-state index is -1.08. The van der Waals surface area contributed by atoms with Gasteiger partial charge < -0.3 is 5.11 Å². The van der Waals surface area contributed by atoms with Crippen LogP contribution in [0.3, 0.4) is 0 Å². The Morgan fingerprint density at radius 3 is 2.79 bits per heavy atom. The van der Waals surface area contributed by atoms with E-state index in [2.05, 4.69) is 20.9 Å². The van der Waals surface area contributed by atoms with Crippen LogP contribution in [0, 0.1) is 10.1 Å². The molecule has 0 bridgehead atoms. The zero-order chi connectivity index (χ0) is 10.7. The number of hydrogen-bond donors (Lipinski definition) is 1. The summed E-state index contributed by atoms with van der Waals surface area (Å²) in [6.45, 7) is 0. The van der Waals surface area contributed by atoms with E-state index in [0.717, 1.165) is 6.07 Å². The Kier molecular flexibility index (Phi) is 3.13. The first-order chi connectivity index (χ1) is 6.49. The van der Waals surface area contributed by atoms with Gasteiger partial charge in [0.15, 0.2) is 0 Å². The van der Waals surface area contributed by atoms with Gasteiger partial charge in [-0.2, -0.15) is 0 Å². The highest BCUT2D eigenvalue weighted by atomic mass is 79.9. The molecule has 0 atom stereocenters. The number of pyridine rings is 1. The number of carboxylic acid groups (broad SMARTS) is 1. The summed E-state index contributed by atoms with van der Waals surface area (Å²) in [4.78, 5) is 23.9. The van der Waals surface area contributed by atoms with Crippen molar-refractivity contribution in [1.29, 1.82) is 0 Å². The zero-order valence-electron chi connectivity index (χ0n) is 6.81. The first-order valence-electron chi connectivity index (χ1n) is 3.51. The van der Waals surface area contributed by atoms with E-state index < -0.39 is 10.9 Å². The SMILES string of the molecule is O=C(O)Cc1cc([N+](=O)[O-])cc(Br)n1. The Morgan fingerprint density at radius 1 is 1.64 bits per heavy atom. The molecule has 0 unspecified atom stereocenters. The molecule has 0 aliphatic heterocycles. The van der Waals surface area contributed by atoms with Crippen molar-refractivity contribution < 1.29 is 14.8 Å². The molecule has 6 nitrogen and oxygen atoms in total. The summed E-state index contributed by atoms with van der Waals surface area (Å²) in [5.41, 5.74) is -0.0262. The lowest BCUT2D eigenvalue weighted by atomic mass is 10.2. The van der Waals surface area contributed by atoms with E-state index in [-0.39, 0.29) is 22.4 Å². The summed E-state index contributed by atoms with van der Waals surface area (Å²) in [5.74, 6) is -1.08. The molecular weight excluding hydrogens is 256 g/mol. The predicted molar refractivity (Wildman–Crippen MR) is 49.9 cm³/mol. The van der Waals surface area contributed by atoms with Crippen LogP contribution in [-0.4, -0.2) is 21.0 Å². The molecule has 0 amide bonds. The second-order valence-corrected chi connectivity index (χ2v) is 3.28. The largest absolute Gasteiger partial charge is 0.481 e. The number of carboxylic acids is 1. The highest BCUT2D eigenvalue weighted by molar-refractivity contribution is 9.10. The highest BCUT2D eigenvalue weighted by Crippen LogP contribution is 2.18. The molecule has 14 heavy (non-hydrogen) atoms. The van der Waals surface area contributed by atoms with E-state index in [4.69, 9.17) is 5.11 Å². The van der Waals surface area contributed by atoms with E-state index in [9.17, 15) is 14.9 Å². The van der Waals surface area contributed by atoms with Crippen LogP contribution >= 0.6 is 15.9 Å². The lowest BCUT2D eigenvalue weighted by molar-refractivity contribution is -0.385. The van der Waals surface area contributed by atoms with Gasteiger partial charge in [-0.25, -0.2) is 4.98 Å². The Labute approximate surface area is 86.9 Å². The number of rotatable bonds is 3. The molecule has 0 radical (unpaired) electrons. The Balaban J connectivity index is 3.07. The summed E-state index contributed by atoms with van der Waals surface area (Å²) in [6.07, 6.45) is -0.333. The average molecular weight is 261 g/mol. The molecular formula is C7H5BrN2O4. The van der Waals surface area contributed by atoms with Gasteiger partial charge in [-0.05, 0) is 15.9 Å². The first-order valence-corrected chi connectivity index (χ1v) is 4.31. The van der Waals surface area contributed by atoms with Gasteiger partial charge in [0.1, 0.15) is 4.60 Å². The average Bonchev–Trinajstić information content (AvgIpc) is 2.01. The maximum absolute atomic E-state index is 10.4. The van der Waals surface area contributed by atoms with Crippen LogP contribution < -0.4 is 0 Å². The molecule has 0 fully saturated rings. The standard InChI is InChI=1S/C7H5BrN2O4/c8-6-3-5(10(13)14)1-4(9-6)2-7(11)12/h1,3H,2H2,(H,11,12). The zero-order valence-corrected chi connectivity index (χ0v) is 8.39. The minimum absolute atomic E-state index is 0.151. The topological polar surface area (TPSA) is 93.3 Å². The molecule has 1 rings (SSSR count). The molecule has 74 valence electrons. The first kappa shape index (κ1) is 10.6. The molecule has 0 spiro atoms. The maximum atomic E-state index is 10.4. The molecule has 7 heteroatoms. The lowest BCUT2D eigenvalue weighted by Gasteiger charge is -1.97. The third-order valence-electron chi connectivity index (χ3n) is 1.38. The minimum Gasteiger partial charge on any atom is -0.481 e. The Hall–Kier alpha value is -1.50. The molecule has 0 aliphatic rings. The fourth-order valence-electron chi connectivity index (χ4n) is 0.887.